The van der Waals surface area contributed by atoms with Crippen LogP contribution in [0.15, 0.2) is 0 Å². The Morgan fingerprint density at radius 2 is 1.82 bits per heavy atom. The summed E-state index contributed by atoms with van der Waals surface area (Å²) >= 11 is 0. The molecule has 4 aliphatic carbocycles. The Kier molecular flexibility index (Phi) is 4.79. The fraction of sp³-hybridized carbons (Fsp3) is 0.826. The largest absolute Gasteiger partial charge is 0.481 e. The van der Waals surface area contributed by atoms with Gasteiger partial charge < -0.3 is 5.11 Å². The Labute approximate surface area is 166 Å². The van der Waals surface area contributed by atoms with Gasteiger partial charge >= 0.3 is 5.97 Å². The van der Waals surface area contributed by atoms with Crippen LogP contribution in [0.2, 0.25) is 0 Å². The van der Waals surface area contributed by atoms with Gasteiger partial charge in [0.2, 0.25) is 0 Å². The molecule has 28 heavy (non-hydrogen) atoms. The van der Waals surface area contributed by atoms with Crippen molar-refractivity contribution in [1.82, 2.24) is 0 Å². The van der Waals surface area contributed by atoms with E-state index in [0.717, 1.165) is 25.7 Å². The summed E-state index contributed by atoms with van der Waals surface area (Å²) in [6, 6.07) is 0. The normalized spacial score (nSPS) is 45.4. The third-order valence-corrected chi connectivity index (χ3v) is 9.28. The minimum atomic E-state index is -0.789. The zero-order chi connectivity index (χ0) is 20.3. The van der Waals surface area contributed by atoms with E-state index < -0.39 is 11.4 Å². The number of carboxylic acid groups (broad SMARTS) is 1. The Bertz CT molecular complexity index is 727. The van der Waals surface area contributed by atoms with Crippen LogP contribution in [0.25, 0.3) is 0 Å². The molecule has 0 amide bonds. The molecule has 4 saturated carbocycles. The lowest BCUT2D eigenvalue weighted by atomic mass is 9.44. The van der Waals surface area contributed by atoms with Crippen molar-refractivity contribution in [3.05, 3.63) is 0 Å². The first kappa shape index (κ1) is 19.8. The molecule has 5 nitrogen and oxygen atoms in total. The molecule has 1 N–H and O–H groups in total. The maximum absolute atomic E-state index is 13.5. The van der Waals surface area contributed by atoms with Crippen LogP contribution in [-0.4, -0.2) is 28.4 Å². The summed E-state index contributed by atoms with van der Waals surface area (Å²) in [7, 11) is 0. The van der Waals surface area contributed by atoms with E-state index in [2.05, 4.69) is 13.8 Å². The lowest BCUT2D eigenvalue weighted by molar-refractivity contribution is -0.165. The first-order valence-corrected chi connectivity index (χ1v) is 11.0. The van der Waals surface area contributed by atoms with Crippen molar-refractivity contribution in [2.24, 2.45) is 40.4 Å². The number of carbonyl (C=O) groups is 4. The molecule has 0 spiro atoms. The lowest BCUT2D eigenvalue weighted by Crippen LogP contribution is -2.59. The predicted octanol–water partition coefficient (Wildman–Crippen LogP) is 3.83. The quantitative estimate of drug-likeness (QED) is 0.791. The van der Waals surface area contributed by atoms with Gasteiger partial charge in [0.05, 0.1) is 0 Å². The number of hydrogen-bond acceptors (Lipinski definition) is 4. The molecule has 0 aromatic rings. The summed E-state index contributed by atoms with van der Waals surface area (Å²) in [5.41, 5.74) is -0.562. The van der Waals surface area contributed by atoms with Gasteiger partial charge in [0.15, 0.2) is 0 Å². The minimum absolute atomic E-state index is 0.0541. The molecule has 0 aliphatic heterocycles. The lowest BCUT2D eigenvalue weighted by Gasteiger charge is -2.58. The molecule has 4 aliphatic rings. The molecule has 0 saturated heterocycles. The fourth-order valence-electron chi connectivity index (χ4n) is 7.53. The van der Waals surface area contributed by atoms with E-state index in [1.165, 1.54) is 0 Å². The number of hydrogen-bond donors (Lipinski definition) is 1. The van der Waals surface area contributed by atoms with Crippen LogP contribution in [0, 0.1) is 40.4 Å². The highest BCUT2D eigenvalue weighted by molar-refractivity contribution is 5.93. The fourth-order valence-corrected chi connectivity index (χ4v) is 7.53. The van der Waals surface area contributed by atoms with Gasteiger partial charge in [-0.15, -0.1) is 0 Å². The van der Waals surface area contributed by atoms with E-state index in [1.54, 1.807) is 0 Å². The molecule has 0 unspecified atom stereocenters. The average Bonchev–Trinajstić information content (AvgIpc) is 2.95. The highest BCUT2D eigenvalue weighted by Crippen LogP contribution is 2.65. The number of carbonyl (C=O) groups excluding carboxylic acids is 3. The molecule has 0 radical (unpaired) electrons. The molecule has 4 rings (SSSR count). The van der Waals surface area contributed by atoms with Crippen molar-refractivity contribution < 1.29 is 24.3 Å². The zero-order valence-electron chi connectivity index (χ0n) is 17.0. The van der Waals surface area contributed by atoms with Gasteiger partial charge in [-0.1, -0.05) is 13.8 Å². The van der Waals surface area contributed by atoms with E-state index >= 15 is 0 Å². The third-order valence-electron chi connectivity index (χ3n) is 9.28. The number of aliphatic carboxylic acids is 1. The van der Waals surface area contributed by atoms with Crippen molar-refractivity contribution in [1.29, 1.82) is 0 Å². The second-order valence-electron chi connectivity index (χ2n) is 10.3. The summed E-state index contributed by atoms with van der Waals surface area (Å²) in [4.78, 5) is 49.6. The highest BCUT2D eigenvalue weighted by atomic mass is 16.4. The number of fused-ring (bicyclic) bond motifs is 5. The molecular formula is C23H32O5. The first-order valence-electron chi connectivity index (χ1n) is 11.0. The van der Waals surface area contributed by atoms with E-state index in [0.29, 0.717) is 32.1 Å². The number of carboxylic acids is 1. The maximum Gasteiger partial charge on any atom is 0.303 e. The summed E-state index contributed by atoms with van der Waals surface area (Å²) < 4.78 is 0. The smallest absolute Gasteiger partial charge is 0.303 e. The zero-order valence-corrected chi connectivity index (χ0v) is 17.0. The van der Waals surface area contributed by atoms with E-state index in [4.69, 9.17) is 5.11 Å². The van der Waals surface area contributed by atoms with Crippen LogP contribution in [-0.2, 0) is 19.2 Å². The van der Waals surface area contributed by atoms with Crippen LogP contribution < -0.4 is 0 Å². The molecule has 0 bridgehead atoms. The Morgan fingerprint density at radius 1 is 1.07 bits per heavy atom. The standard InChI is InChI=1S/C23H32O5/c1-22-9-8-15(24)10-14(22)11-18(25)21-16-7-6-13(4-3-5-20(27)28)23(16,2)19(26)12-17(21)22/h13-14,16-17,21H,3-12H2,1-2H3,(H,27,28)/t13-,14-,16-,17-,21-,22-,23+/m0/s1. The number of rotatable bonds is 4. The first-order chi connectivity index (χ1) is 13.2. The second-order valence-corrected chi connectivity index (χ2v) is 10.3. The van der Waals surface area contributed by atoms with Crippen molar-refractivity contribution in [2.75, 3.05) is 0 Å². The topological polar surface area (TPSA) is 88.5 Å². The molecule has 154 valence electrons. The van der Waals surface area contributed by atoms with E-state index in [1.807, 2.05) is 0 Å². The van der Waals surface area contributed by atoms with E-state index in [-0.39, 0.29) is 58.8 Å². The van der Waals surface area contributed by atoms with Crippen molar-refractivity contribution in [3.63, 3.8) is 0 Å². The molecule has 7 atom stereocenters. The molecular weight excluding hydrogens is 356 g/mol. The van der Waals surface area contributed by atoms with Gasteiger partial charge in [-0.25, -0.2) is 0 Å². The Balaban J connectivity index is 1.60. The number of ketones is 3. The molecule has 5 heteroatoms. The van der Waals surface area contributed by atoms with Crippen molar-refractivity contribution >= 4 is 23.3 Å². The third kappa shape index (κ3) is 2.80. The van der Waals surface area contributed by atoms with Crippen LogP contribution in [0.1, 0.15) is 78.1 Å². The summed E-state index contributed by atoms with van der Waals surface area (Å²) in [5.74, 6) is 0.445. The van der Waals surface area contributed by atoms with Crippen LogP contribution in [0.3, 0.4) is 0 Å². The predicted molar refractivity (Wildman–Crippen MR) is 102 cm³/mol. The van der Waals surface area contributed by atoms with Gasteiger partial charge in [0.1, 0.15) is 17.3 Å². The van der Waals surface area contributed by atoms with Crippen molar-refractivity contribution in [3.8, 4) is 0 Å². The summed E-state index contributed by atoms with van der Waals surface area (Å²) in [6.07, 6.45) is 6.15. The monoisotopic (exact) mass is 388 g/mol. The Morgan fingerprint density at radius 3 is 2.54 bits per heavy atom. The molecule has 0 aromatic heterocycles. The van der Waals surface area contributed by atoms with Gasteiger partial charge in [-0.3, -0.25) is 19.2 Å². The van der Waals surface area contributed by atoms with Gasteiger partial charge in [0, 0.05) is 43.4 Å². The van der Waals surface area contributed by atoms with Gasteiger partial charge in [-0.2, -0.15) is 0 Å². The summed E-state index contributed by atoms with van der Waals surface area (Å²) in [5, 5.41) is 8.95. The van der Waals surface area contributed by atoms with Crippen LogP contribution in [0.4, 0.5) is 0 Å². The van der Waals surface area contributed by atoms with Gasteiger partial charge in [0.25, 0.3) is 0 Å². The highest BCUT2D eigenvalue weighted by Gasteiger charge is 2.65. The SMILES string of the molecule is C[C@]12CCC(=O)C[C@H]1CC(=O)[C@@H]1[C@@H]2CC(=O)[C@]2(C)[C@@H](CCCC(=O)O)CC[C@@H]12. The molecule has 4 fully saturated rings. The van der Waals surface area contributed by atoms with Crippen molar-refractivity contribution in [2.45, 2.75) is 78.1 Å². The van der Waals surface area contributed by atoms with Crippen LogP contribution in [0.5, 0.6) is 0 Å². The van der Waals surface area contributed by atoms with Gasteiger partial charge in [-0.05, 0) is 61.2 Å². The molecule has 0 heterocycles. The second kappa shape index (κ2) is 6.77. The van der Waals surface area contributed by atoms with E-state index in [9.17, 15) is 19.2 Å². The summed E-state index contributed by atoms with van der Waals surface area (Å²) in [6.45, 7) is 4.28. The number of Topliss-reactive ketones (excluding diaryl/α,β-unsaturated/α-hetero) is 3. The molecule has 0 aromatic carbocycles. The Hall–Kier alpha value is -1.52. The average molecular weight is 389 g/mol. The van der Waals surface area contributed by atoms with Crippen LogP contribution >= 0.6 is 0 Å². The maximum atomic E-state index is 13.5. The minimum Gasteiger partial charge on any atom is -0.481 e.